The summed E-state index contributed by atoms with van der Waals surface area (Å²) in [6.45, 7) is 1.79. The van der Waals surface area contributed by atoms with E-state index in [9.17, 15) is 4.79 Å². The molecule has 3 rings (SSSR count). The van der Waals surface area contributed by atoms with Crippen molar-refractivity contribution in [1.82, 2.24) is 14.9 Å². The molecule has 7 heteroatoms. The Morgan fingerprint density at radius 2 is 2.25 bits per heavy atom. The molecular weight excluding hydrogens is 310 g/mol. The topological polar surface area (TPSA) is 54.9 Å². The van der Waals surface area contributed by atoms with E-state index in [4.69, 9.17) is 0 Å². The maximum absolute atomic E-state index is 12.4. The molecule has 20 heavy (non-hydrogen) atoms. The number of aryl methyl sites for hydroxylation is 1. The highest BCUT2D eigenvalue weighted by molar-refractivity contribution is 7.10. The molecule has 0 aliphatic heterocycles. The number of thiophene rings is 2. The molecule has 3 heterocycles. The molecule has 0 spiro atoms. The molecule has 1 amide bonds. The number of nitrogens with zero attached hydrogens (tertiary/aromatic N) is 2. The summed E-state index contributed by atoms with van der Waals surface area (Å²) in [6.07, 6.45) is 0. The minimum absolute atomic E-state index is 0.116. The van der Waals surface area contributed by atoms with Gasteiger partial charge in [0.25, 0.3) is 5.91 Å². The Morgan fingerprint density at radius 1 is 1.35 bits per heavy atom. The second-order valence-electron chi connectivity index (χ2n) is 4.17. The molecular formula is C13H11N3OS3. The van der Waals surface area contributed by atoms with Crippen LogP contribution >= 0.6 is 34.2 Å². The third kappa shape index (κ3) is 2.65. The number of amides is 1. The predicted octanol–water partition coefficient (Wildman–Crippen LogP) is 3.49. The van der Waals surface area contributed by atoms with E-state index >= 15 is 0 Å². The van der Waals surface area contributed by atoms with Crippen molar-refractivity contribution in [2.75, 3.05) is 0 Å². The van der Waals surface area contributed by atoms with E-state index in [-0.39, 0.29) is 11.9 Å². The lowest BCUT2D eigenvalue weighted by atomic mass is 10.1. The first-order valence-electron chi connectivity index (χ1n) is 5.91. The maximum atomic E-state index is 12.4. The number of hydrogen-bond donors (Lipinski definition) is 1. The van der Waals surface area contributed by atoms with Crippen molar-refractivity contribution in [1.29, 1.82) is 0 Å². The number of rotatable bonds is 4. The molecule has 0 aromatic carbocycles. The molecule has 0 saturated heterocycles. The predicted molar refractivity (Wildman–Crippen MR) is 82.6 cm³/mol. The van der Waals surface area contributed by atoms with Crippen LogP contribution in [0.1, 0.15) is 31.8 Å². The fourth-order valence-corrected chi connectivity index (χ4v) is 3.90. The van der Waals surface area contributed by atoms with Gasteiger partial charge in [-0.1, -0.05) is 10.6 Å². The molecule has 0 radical (unpaired) electrons. The van der Waals surface area contributed by atoms with Crippen molar-refractivity contribution < 1.29 is 4.79 Å². The van der Waals surface area contributed by atoms with Gasteiger partial charge in [0.1, 0.15) is 4.88 Å². The Balaban J connectivity index is 1.88. The van der Waals surface area contributed by atoms with Crippen LogP contribution in [-0.4, -0.2) is 15.5 Å². The van der Waals surface area contributed by atoms with E-state index in [1.165, 1.54) is 0 Å². The lowest BCUT2D eigenvalue weighted by Crippen LogP contribution is -2.28. The quantitative estimate of drug-likeness (QED) is 0.800. The first-order chi connectivity index (χ1) is 9.75. The molecule has 0 saturated carbocycles. The summed E-state index contributed by atoms with van der Waals surface area (Å²) in [7, 11) is 0. The zero-order chi connectivity index (χ0) is 13.9. The molecule has 0 aliphatic rings. The molecule has 1 unspecified atom stereocenters. The first kappa shape index (κ1) is 13.4. The average molecular weight is 321 g/mol. The van der Waals surface area contributed by atoms with Gasteiger partial charge in [-0.25, -0.2) is 0 Å². The summed E-state index contributed by atoms with van der Waals surface area (Å²) in [5.41, 5.74) is 1.77. The monoisotopic (exact) mass is 321 g/mol. The van der Waals surface area contributed by atoms with Crippen LogP contribution < -0.4 is 5.32 Å². The molecule has 1 atom stereocenters. The highest BCUT2D eigenvalue weighted by Gasteiger charge is 2.21. The third-order valence-corrected chi connectivity index (χ3v) is 5.30. The van der Waals surface area contributed by atoms with Crippen molar-refractivity contribution in [3.63, 3.8) is 0 Å². The van der Waals surface area contributed by atoms with Gasteiger partial charge in [-0.15, -0.1) is 16.4 Å². The summed E-state index contributed by atoms with van der Waals surface area (Å²) in [5.74, 6) is -0.123. The van der Waals surface area contributed by atoms with Crippen molar-refractivity contribution in [3.8, 4) is 0 Å². The van der Waals surface area contributed by atoms with Gasteiger partial charge in [0.15, 0.2) is 0 Å². The normalized spacial score (nSPS) is 12.2. The number of hydrogen-bond acceptors (Lipinski definition) is 6. The summed E-state index contributed by atoms with van der Waals surface area (Å²) in [6, 6.07) is 5.94. The Labute approximate surface area is 128 Å². The number of nitrogens with one attached hydrogen (secondary N) is 1. The molecule has 3 aromatic heterocycles. The van der Waals surface area contributed by atoms with E-state index in [1.54, 1.807) is 29.6 Å². The highest BCUT2D eigenvalue weighted by atomic mass is 32.1. The smallest absolute Gasteiger partial charge is 0.265 e. The summed E-state index contributed by atoms with van der Waals surface area (Å²) >= 11 is 4.39. The lowest BCUT2D eigenvalue weighted by molar-refractivity contribution is 0.0947. The molecule has 102 valence electrons. The lowest BCUT2D eigenvalue weighted by Gasteiger charge is -2.16. The fraction of sp³-hybridized carbons (Fsp3) is 0.154. The molecule has 0 aliphatic carbocycles. The van der Waals surface area contributed by atoms with E-state index in [2.05, 4.69) is 20.3 Å². The van der Waals surface area contributed by atoms with Gasteiger partial charge in [0.05, 0.1) is 11.7 Å². The van der Waals surface area contributed by atoms with Crippen molar-refractivity contribution >= 4 is 40.1 Å². The summed E-state index contributed by atoms with van der Waals surface area (Å²) in [5, 5.41) is 13.0. The Hall–Kier alpha value is -1.57. The second-order valence-corrected chi connectivity index (χ2v) is 6.68. The average Bonchev–Trinajstić information content (AvgIpc) is 3.18. The van der Waals surface area contributed by atoms with Crippen molar-refractivity contribution in [2.45, 2.75) is 13.0 Å². The second kappa shape index (κ2) is 5.82. The van der Waals surface area contributed by atoms with Crippen LogP contribution in [0, 0.1) is 6.92 Å². The SMILES string of the molecule is Cc1nnsc1C(=O)NC(c1ccsc1)c1cccs1. The van der Waals surface area contributed by atoms with Crippen molar-refractivity contribution in [2.24, 2.45) is 0 Å². The van der Waals surface area contributed by atoms with Gasteiger partial charge in [-0.2, -0.15) is 11.3 Å². The van der Waals surface area contributed by atoms with Crippen molar-refractivity contribution in [3.05, 3.63) is 55.4 Å². The van der Waals surface area contributed by atoms with E-state index in [0.717, 1.165) is 22.0 Å². The van der Waals surface area contributed by atoms with Gasteiger partial charge in [0.2, 0.25) is 0 Å². The first-order valence-corrected chi connectivity index (χ1v) is 8.50. The van der Waals surface area contributed by atoms with E-state index in [0.29, 0.717) is 10.6 Å². The zero-order valence-corrected chi connectivity index (χ0v) is 13.0. The van der Waals surface area contributed by atoms with Crippen LogP contribution in [-0.2, 0) is 0 Å². The van der Waals surface area contributed by atoms with Crippen LogP contribution in [0.15, 0.2) is 34.3 Å². The van der Waals surface area contributed by atoms with E-state index < -0.39 is 0 Å². The van der Waals surface area contributed by atoms with Crippen LogP contribution in [0.25, 0.3) is 0 Å². The molecule has 0 fully saturated rings. The van der Waals surface area contributed by atoms with Gasteiger partial charge in [-0.05, 0) is 52.3 Å². The minimum Gasteiger partial charge on any atom is -0.339 e. The van der Waals surface area contributed by atoms with Crippen LogP contribution in [0.4, 0.5) is 0 Å². The molecule has 1 N–H and O–H groups in total. The van der Waals surface area contributed by atoms with Crippen LogP contribution in [0.5, 0.6) is 0 Å². The van der Waals surface area contributed by atoms with Gasteiger partial charge >= 0.3 is 0 Å². The summed E-state index contributed by atoms with van der Waals surface area (Å²) < 4.78 is 3.81. The summed E-state index contributed by atoms with van der Waals surface area (Å²) in [4.78, 5) is 14.0. The van der Waals surface area contributed by atoms with Gasteiger partial charge in [0, 0.05) is 4.88 Å². The van der Waals surface area contributed by atoms with E-state index in [1.807, 2.05) is 29.0 Å². The molecule has 3 aromatic rings. The number of carbonyl (C=O) groups is 1. The van der Waals surface area contributed by atoms with Crippen LogP contribution in [0.3, 0.4) is 0 Å². The Morgan fingerprint density at radius 3 is 2.85 bits per heavy atom. The van der Waals surface area contributed by atoms with Gasteiger partial charge < -0.3 is 5.32 Å². The number of aromatic nitrogens is 2. The highest BCUT2D eigenvalue weighted by Crippen LogP contribution is 2.28. The number of carbonyl (C=O) groups excluding carboxylic acids is 1. The van der Waals surface area contributed by atoms with Crippen LogP contribution in [0.2, 0.25) is 0 Å². The third-order valence-electron chi connectivity index (χ3n) is 2.84. The minimum atomic E-state index is -0.123. The standard InChI is InChI=1S/C13H11N3OS3/c1-8-12(20-16-15-8)13(17)14-11(9-4-6-18-7-9)10-3-2-5-19-10/h2-7,11H,1H3,(H,14,17). The molecule has 0 bridgehead atoms. The zero-order valence-electron chi connectivity index (χ0n) is 10.6. The largest absolute Gasteiger partial charge is 0.339 e. The maximum Gasteiger partial charge on any atom is 0.265 e. The van der Waals surface area contributed by atoms with Gasteiger partial charge in [-0.3, -0.25) is 4.79 Å². The fourth-order valence-electron chi connectivity index (χ4n) is 1.85. The Kier molecular flexibility index (Phi) is 3.90. The Bertz CT molecular complexity index is 654. The molecule has 4 nitrogen and oxygen atoms in total.